The van der Waals surface area contributed by atoms with E-state index in [0.29, 0.717) is 30.4 Å². The van der Waals surface area contributed by atoms with E-state index in [1.807, 2.05) is 11.8 Å². The molecule has 0 unspecified atom stereocenters. The lowest BCUT2D eigenvalue weighted by atomic mass is 9.96. The number of halogens is 3. The Morgan fingerprint density at radius 1 is 1.33 bits per heavy atom. The Balaban J connectivity index is 2.02. The van der Waals surface area contributed by atoms with E-state index in [9.17, 15) is 13.2 Å². The topological polar surface area (TPSA) is 19.0 Å². The summed E-state index contributed by atoms with van der Waals surface area (Å²) in [4.78, 5) is 5.08. The fourth-order valence-electron chi connectivity index (χ4n) is 3.17. The Kier molecular flexibility index (Phi) is 3.28. The van der Waals surface area contributed by atoms with Gasteiger partial charge in [0.25, 0.3) is 0 Å². The van der Waals surface area contributed by atoms with Gasteiger partial charge < -0.3 is 4.98 Å². The van der Waals surface area contributed by atoms with Gasteiger partial charge in [0.2, 0.25) is 0 Å². The normalized spacial score (nSPS) is 20.0. The summed E-state index contributed by atoms with van der Waals surface area (Å²) in [7, 11) is 0. The van der Waals surface area contributed by atoms with E-state index >= 15 is 0 Å². The molecule has 114 valence electrons. The number of nitrogens with zero attached hydrogens (tertiary/aromatic N) is 1. The van der Waals surface area contributed by atoms with Crippen LogP contribution < -0.4 is 0 Å². The third kappa shape index (κ3) is 2.67. The number of aromatic amines is 1. The van der Waals surface area contributed by atoms with Gasteiger partial charge in [-0.25, -0.2) is 13.2 Å². The molecule has 2 aromatic rings. The molecular formula is C16H19F3N2. The Labute approximate surface area is 121 Å². The molecule has 0 bridgehead atoms. The van der Waals surface area contributed by atoms with Crippen LogP contribution in [0.1, 0.15) is 32.0 Å². The second-order valence-electron chi connectivity index (χ2n) is 6.57. The molecule has 5 heteroatoms. The monoisotopic (exact) mass is 296 g/mol. The summed E-state index contributed by atoms with van der Waals surface area (Å²) in [5.41, 5.74) is 0.866. The summed E-state index contributed by atoms with van der Waals surface area (Å²) in [6.45, 7) is 5.97. The summed E-state index contributed by atoms with van der Waals surface area (Å²) in [6.07, 6.45) is 0.661. The van der Waals surface area contributed by atoms with Gasteiger partial charge in [-0.1, -0.05) is 0 Å². The molecular weight excluding hydrogens is 277 g/mol. The molecule has 1 aliphatic rings. The summed E-state index contributed by atoms with van der Waals surface area (Å²) in [5.74, 6) is -1.15. The van der Waals surface area contributed by atoms with Crippen molar-refractivity contribution in [3.05, 3.63) is 35.0 Å². The first-order valence-corrected chi connectivity index (χ1v) is 7.16. The summed E-state index contributed by atoms with van der Waals surface area (Å²) < 4.78 is 41.2. The maximum absolute atomic E-state index is 13.9. The summed E-state index contributed by atoms with van der Waals surface area (Å²) in [5, 5.41) is 0.605. The van der Waals surface area contributed by atoms with Crippen LogP contribution in [0.5, 0.6) is 0 Å². The summed E-state index contributed by atoms with van der Waals surface area (Å²) >= 11 is 0. The maximum atomic E-state index is 13.9. The average Bonchev–Trinajstić information content (AvgIpc) is 2.66. The van der Waals surface area contributed by atoms with E-state index in [1.165, 1.54) is 6.07 Å². The number of alkyl halides is 1. The van der Waals surface area contributed by atoms with Crippen LogP contribution >= 0.6 is 0 Å². The number of hydrogen-bond acceptors (Lipinski definition) is 1. The molecule has 2 nitrogen and oxygen atoms in total. The third-order valence-corrected chi connectivity index (χ3v) is 4.08. The molecule has 0 aliphatic carbocycles. The molecule has 21 heavy (non-hydrogen) atoms. The molecule has 1 aromatic carbocycles. The number of benzene rings is 1. The molecule has 2 heterocycles. The highest BCUT2D eigenvalue weighted by Gasteiger charge is 2.30. The minimum absolute atomic E-state index is 0.137. The van der Waals surface area contributed by atoms with Gasteiger partial charge >= 0.3 is 0 Å². The van der Waals surface area contributed by atoms with Crippen molar-refractivity contribution in [1.29, 1.82) is 0 Å². The highest BCUT2D eigenvalue weighted by Crippen LogP contribution is 2.32. The largest absolute Gasteiger partial charge is 0.355 e. The zero-order valence-electron chi connectivity index (χ0n) is 12.4. The molecule has 0 radical (unpaired) electrons. The zero-order chi connectivity index (χ0) is 15.4. The van der Waals surface area contributed by atoms with E-state index < -0.39 is 17.3 Å². The number of rotatable bonds is 2. The van der Waals surface area contributed by atoms with Gasteiger partial charge in [-0.05, 0) is 38.8 Å². The molecule has 0 saturated carbocycles. The molecule has 0 spiro atoms. The van der Waals surface area contributed by atoms with Gasteiger partial charge in [-0.3, -0.25) is 4.90 Å². The van der Waals surface area contributed by atoms with Crippen molar-refractivity contribution in [3.8, 4) is 0 Å². The van der Waals surface area contributed by atoms with Crippen molar-refractivity contribution in [2.24, 2.45) is 0 Å². The number of H-pyrrole nitrogens is 1. The predicted octanol–water partition coefficient (Wildman–Crippen LogP) is 3.94. The van der Waals surface area contributed by atoms with E-state index in [4.69, 9.17) is 0 Å². The Morgan fingerprint density at radius 2 is 2.05 bits per heavy atom. The van der Waals surface area contributed by atoms with E-state index in [1.54, 1.807) is 13.8 Å². The lowest BCUT2D eigenvalue weighted by Gasteiger charge is -2.36. The van der Waals surface area contributed by atoms with E-state index in [-0.39, 0.29) is 6.04 Å². The smallest absolute Gasteiger partial charge is 0.150 e. The van der Waals surface area contributed by atoms with Crippen LogP contribution in [0.3, 0.4) is 0 Å². The minimum Gasteiger partial charge on any atom is -0.355 e. The SMILES string of the molecule is C[C@@H]1Cc2c([nH]c3c(F)cc(F)cc23)CN1CC(C)(C)F. The van der Waals surface area contributed by atoms with Crippen molar-refractivity contribution in [2.75, 3.05) is 6.54 Å². The van der Waals surface area contributed by atoms with Gasteiger partial charge in [-0.2, -0.15) is 0 Å². The fraction of sp³-hybridized carbons (Fsp3) is 0.500. The zero-order valence-corrected chi connectivity index (χ0v) is 12.4. The second kappa shape index (κ2) is 4.77. The molecule has 1 aromatic heterocycles. The van der Waals surface area contributed by atoms with Gasteiger partial charge in [0.15, 0.2) is 0 Å². The van der Waals surface area contributed by atoms with Crippen LogP contribution in [0, 0.1) is 11.6 Å². The van der Waals surface area contributed by atoms with Crippen LogP contribution in [0.2, 0.25) is 0 Å². The number of hydrogen-bond donors (Lipinski definition) is 1. The molecule has 3 rings (SSSR count). The van der Waals surface area contributed by atoms with Crippen molar-refractivity contribution in [1.82, 2.24) is 9.88 Å². The number of nitrogens with one attached hydrogen (secondary N) is 1. The van der Waals surface area contributed by atoms with Crippen LogP contribution in [0.15, 0.2) is 12.1 Å². The second-order valence-corrected chi connectivity index (χ2v) is 6.57. The number of fused-ring (bicyclic) bond motifs is 3. The molecule has 1 aliphatic heterocycles. The van der Waals surface area contributed by atoms with Crippen LogP contribution in [-0.2, 0) is 13.0 Å². The standard InChI is InChI=1S/C16H19F3N2/c1-9-4-11-12-5-10(17)6-13(18)15(12)20-14(11)7-21(9)8-16(2,3)19/h5-6,9,20H,4,7-8H2,1-3H3/t9-/m1/s1. The van der Waals surface area contributed by atoms with Crippen molar-refractivity contribution in [2.45, 2.75) is 45.4 Å². The van der Waals surface area contributed by atoms with Crippen LogP contribution in [0.4, 0.5) is 13.2 Å². The Hall–Kier alpha value is -1.49. The molecule has 0 amide bonds. The molecule has 0 saturated heterocycles. The average molecular weight is 296 g/mol. The quantitative estimate of drug-likeness (QED) is 0.889. The highest BCUT2D eigenvalue weighted by molar-refractivity contribution is 5.85. The lowest BCUT2D eigenvalue weighted by Crippen LogP contribution is -2.44. The third-order valence-electron chi connectivity index (χ3n) is 4.08. The van der Waals surface area contributed by atoms with Crippen molar-refractivity contribution in [3.63, 3.8) is 0 Å². The van der Waals surface area contributed by atoms with E-state index in [0.717, 1.165) is 17.3 Å². The van der Waals surface area contributed by atoms with Crippen LogP contribution in [-0.4, -0.2) is 28.1 Å². The Bertz CT molecular complexity index is 685. The van der Waals surface area contributed by atoms with Crippen molar-refractivity contribution < 1.29 is 13.2 Å². The van der Waals surface area contributed by atoms with Crippen molar-refractivity contribution >= 4 is 10.9 Å². The highest BCUT2D eigenvalue weighted by atomic mass is 19.1. The first-order chi connectivity index (χ1) is 9.74. The minimum atomic E-state index is -1.28. The first kappa shape index (κ1) is 14.4. The van der Waals surface area contributed by atoms with E-state index in [2.05, 4.69) is 4.98 Å². The van der Waals surface area contributed by atoms with Gasteiger partial charge in [0.05, 0.1) is 5.52 Å². The Morgan fingerprint density at radius 3 is 2.71 bits per heavy atom. The van der Waals surface area contributed by atoms with Gasteiger partial charge in [0.1, 0.15) is 17.3 Å². The maximum Gasteiger partial charge on any atom is 0.150 e. The molecule has 1 N–H and O–H groups in total. The van der Waals surface area contributed by atoms with Gasteiger partial charge in [-0.15, -0.1) is 0 Å². The van der Waals surface area contributed by atoms with Gasteiger partial charge in [0, 0.05) is 36.3 Å². The van der Waals surface area contributed by atoms with Crippen LogP contribution in [0.25, 0.3) is 10.9 Å². The summed E-state index contributed by atoms with van der Waals surface area (Å²) in [6, 6.07) is 2.39. The molecule has 1 atom stereocenters. The molecule has 0 fully saturated rings. The lowest BCUT2D eigenvalue weighted by molar-refractivity contribution is 0.0853. The number of aromatic nitrogens is 1. The fourth-order valence-corrected chi connectivity index (χ4v) is 3.17. The predicted molar refractivity (Wildman–Crippen MR) is 77.0 cm³/mol. The first-order valence-electron chi connectivity index (χ1n) is 7.16.